The lowest BCUT2D eigenvalue weighted by Crippen LogP contribution is -1.95. The van der Waals surface area contributed by atoms with Crippen LogP contribution in [0.15, 0.2) is 72.8 Å². The van der Waals surface area contributed by atoms with Crippen LogP contribution in [0.4, 0.5) is 0 Å². The number of carbonyl (C=O) groups is 1. The highest BCUT2D eigenvalue weighted by molar-refractivity contribution is 7.22. The minimum Gasteiger partial charge on any atom is -0.497 e. The molecule has 0 N–H and O–H groups in total. The molecule has 0 bridgehead atoms. The Hall–Kier alpha value is -3.77. The highest BCUT2D eigenvalue weighted by atomic mass is 32.1. The van der Waals surface area contributed by atoms with Gasteiger partial charge in [-0.15, -0.1) is 11.3 Å². The van der Waals surface area contributed by atoms with Gasteiger partial charge in [0.15, 0.2) is 5.75 Å². The molecule has 0 radical (unpaired) electrons. The second-order valence-corrected chi connectivity index (χ2v) is 8.38. The normalized spacial score (nSPS) is 11.3. The number of methoxy groups -OCH3 is 3. The third-order valence-electron chi connectivity index (χ3n) is 5.27. The predicted octanol–water partition coefficient (Wildman–Crippen LogP) is 6.95. The molecule has 0 aliphatic heterocycles. The van der Waals surface area contributed by atoms with E-state index in [2.05, 4.69) is 0 Å². The summed E-state index contributed by atoms with van der Waals surface area (Å²) in [7, 11) is 4.68. The van der Waals surface area contributed by atoms with Crippen LogP contribution in [0.3, 0.4) is 0 Å². The standard InChI is InChI=1S/C27H24O5S/c1-17(15-25(28)31-4)18-5-11-21(12-6-18)32-26-23-14-13-22(30-3)16-24(23)33-27(26)19-7-9-20(29-2)10-8-19/h5-16H,1-4H3/b17-15+. The van der Waals surface area contributed by atoms with Crippen molar-refractivity contribution in [2.45, 2.75) is 6.92 Å². The zero-order chi connectivity index (χ0) is 23.4. The van der Waals surface area contributed by atoms with E-state index in [0.29, 0.717) is 5.75 Å². The Kier molecular flexibility index (Phi) is 6.66. The van der Waals surface area contributed by atoms with Crippen LogP contribution in [0.5, 0.6) is 23.0 Å². The van der Waals surface area contributed by atoms with Crippen LogP contribution in [0, 0.1) is 0 Å². The molecule has 0 saturated carbocycles. The van der Waals surface area contributed by atoms with Crippen molar-refractivity contribution in [1.29, 1.82) is 0 Å². The lowest BCUT2D eigenvalue weighted by Gasteiger charge is -2.10. The average Bonchev–Trinajstić information content (AvgIpc) is 3.21. The molecule has 0 aliphatic rings. The first-order valence-corrected chi connectivity index (χ1v) is 11.1. The van der Waals surface area contributed by atoms with Crippen LogP contribution < -0.4 is 14.2 Å². The minimum atomic E-state index is -0.378. The monoisotopic (exact) mass is 460 g/mol. The summed E-state index contributed by atoms with van der Waals surface area (Å²) in [6.45, 7) is 1.87. The van der Waals surface area contributed by atoms with Crippen molar-refractivity contribution in [1.82, 2.24) is 0 Å². The summed E-state index contributed by atoms with van der Waals surface area (Å²) in [5.41, 5.74) is 2.78. The van der Waals surface area contributed by atoms with Gasteiger partial charge in [0.25, 0.3) is 0 Å². The van der Waals surface area contributed by atoms with Gasteiger partial charge in [-0.05, 0) is 78.2 Å². The summed E-state index contributed by atoms with van der Waals surface area (Å²) in [6.07, 6.45) is 1.47. The number of benzene rings is 3. The van der Waals surface area contributed by atoms with Gasteiger partial charge in [-0.3, -0.25) is 0 Å². The van der Waals surface area contributed by atoms with E-state index in [1.165, 1.54) is 13.2 Å². The van der Waals surface area contributed by atoms with Gasteiger partial charge in [0.05, 0.1) is 26.2 Å². The number of fused-ring (bicyclic) bond motifs is 1. The molecule has 0 unspecified atom stereocenters. The van der Waals surface area contributed by atoms with E-state index in [1.54, 1.807) is 25.6 Å². The lowest BCUT2D eigenvalue weighted by molar-refractivity contribution is -0.134. The van der Waals surface area contributed by atoms with Gasteiger partial charge in [-0.1, -0.05) is 12.1 Å². The fourth-order valence-electron chi connectivity index (χ4n) is 3.44. The van der Waals surface area contributed by atoms with Crippen LogP contribution in [-0.4, -0.2) is 27.3 Å². The molecular weight excluding hydrogens is 436 g/mol. The maximum atomic E-state index is 11.5. The topological polar surface area (TPSA) is 54.0 Å². The molecule has 3 aromatic carbocycles. The summed E-state index contributed by atoms with van der Waals surface area (Å²) in [4.78, 5) is 12.5. The molecule has 0 fully saturated rings. The van der Waals surface area contributed by atoms with Crippen molar-refractivity contribution < 1.29 is 23.7 Å². The quantitative estimate of drug-likeness (QED) is 0.221. The van der Waals surface area contributed by atoms with Crippen molar-refractivity contribution in [3.63, 3.8) is 0 Å². The van der Waals surface area contributed by atoms with Crippen LogP contribution in [-0.2, 0) is 9.53 Å². The third kappa shape index (κ3) is 4.86. The number of ether oxygens (including phenoxy) is 4. The molecule has 1 aromatic heterocycles. The Morgan fingerprint density at radius 3 is 2.09 bits per heavy atom. The number of carbonyl (C=O) groups excluding carboxylic acids is 1. The Labute approximate surface area is 196 Å². The van der Waals surface area contributed by atoms with Gasteiger partial charge >= 0.3 is 5.97 Å². The zero-order valence-corrected chi connectivity index (χ0v) is 19.7. The molecule has 0 spiro atoms. The molecule has 6 heteroatoms. The van der Waals surface area contributed by atoms with Crippen LogP contribution in [0.1, 0.15) is 12.5 Å². The first-order chi connectivity index (χ1) is 16.0. The number of hydrogen-bond donors (Lipinski definition) is 0. The molecule has 5 nitrogen and oxygen atoms in total. The van der Waals surface area contributed by atoms with Gasteiger partial charge in [-0.25, -0.2) is 4.79 Å². The van der Waals surface area contributed by atoms with Crippen LogP contribution in [0.2, 0.25) is 0 Å². The fourth-order valence-corrected chi connectivity index (χ4v) is 4.60. The van der Waals surface area contributed by atoms with E-state index in [4.69, 9.17) is 18.9 Å². The van der Waals surface area contributed by atoms with Crippen LogP contribution >= 0.6 is 11.3 Å². The molecule has 33 heavy (non-hydrogen) atoms. The first-order valence-electron chi connectivity index (χ1n) is 10.3. The van der Waals surface area contributed by atoms with E-state index < -0.39 is 0 Å². The highest BCUT2D eigenvalue weighted by Gasteiger charge is 2.17. The Bertz CT molecular complexity index is 1300. The molecule has 4 rings (SSSR count). The maximum Gasteiger partial charge on any atom is 0.330 e. The van der Waals surface area contributed by atoms with Gasteiger partial charge < -0.3 is 18.9 Å². The number of hydrogen-bond acceptors (Lipinski definition) is 6. The Morgan fingerprint density at radius 1 is 0.818 bits per heavy atom. The van der Waals surface area contributed by atoms with E-state index in [0.717, 1.165) is 48.9 Å². The molecule has 4 aromatic rings. The summed E-state index contributed by atoms with van der Waals surface area (Å²) >= 11 is 1.65. The predicted molar refractivity (Wildman–Crippen MR) is 133 cm³/mol. The van der Waals surface area contributed by atoms with E-state index in [9.17, 15) is 4.79 Å². The Morgan fingerprint density at radius 2 is 1.45 bits per heavy atom. The third-order valence-corrected chi connectivity index (χ3v) is 6.45. The smallest absolute Gasteiger partial charge is 0.330 e. The summed E-state index contributed by atoms with van der Waals surface area (Å²) in [6, 6.07) is 21.5. The second kappa shape index (κ2) is 9.79. The van der Waals surface area contributed by atoms with Gasteiger partial charge in [0.1, 0.15) is 17.2 Å². The van der Waals surface area contributed by atoms with Gasteiger partial charge in [0.2, 0.25) is 0 Å². The molecule has 0 saturated heterocycles. The van der Waals surface area contributed by atoms with Crippen molar-refractivity contribution >= 4 is 33.0 Å². The molecule has 168 valence electrons. The van der Waals surface area contributed by atoms with E-state index >= 15 is 0 Å². The van der Waals surface area contributed by atoms with Crippen molar-refractivity contribution in [3.05, 3.63) is 78.4 Å². The second-order valence-electron chi connectivity index (χ2n) is 7.33. The highest BCUT2D eigenvalue weighted by Crippen LogP contribution is 2.47. The van der Waals surface area contributed by atoms with Crippen molar-refractivity contribution in [2.24, 2.45) is 0 Å². The van der Waals surface area contributed by atoms with E-state index in [-0.39, 0.29) is 5.97 Å². The lowest BCUT2D eigenvalue weighted by atomic mass is 10.1. The summed E-state index contributed by atoms with van der Waals surface area (Å²) < 4.78 is 22.9. The number of allylic oxidation sites excluding steroid dienone is 1. The molecule has 0 amide bonds. The average molecular weight is 461 g/mol. The molecule has 1 heterocycles. The summed E-state index contributed by atoms with van der Waals surface area (Å²) in [5, 5.41) is 1.01. The van der Waals surface area contributed by atoms with Gasteiger partial charge in [-0.2, -0.15) is 0 Å². The zero-order valence-electron chi connectivity index (χ0n) is 18.9. The fraction of sp³-hybridized carbons (Fsp3) is 0.148. The number of thiophene rings is 1. The maximum absolute atomic E-state index is 11.5. The minimum absolute atomic E-state index is 0.378. The first kappa shape index (κ1) is 22.4. The van der Waals surface area contributed by atoms with E-state index in [1.807, 2.05) is 73.7 Å². The molecule has 0 atom stereocenters. The largest absolute Gasteiger partial charge is 0.497 e. The van der Waals surface area contributed by atoms with Crippen LogP contribution in [0.25, 0.3) is 26.1 Å². The van der Waals surface area contributed by atoms with Gasteiger partial charge in [0, 0.05) is 16.2 Å². The molecular formula is C27H24O5S. The van der Waals surface area contributed by atoms with Crippen molar-refractivity contribution in [2.75, 3.05) is 21.3 Å². The molecule has 0 aliphatic carbocycles. The summed E-state index contributed by atoms with van der Waals surface area (Å²) in [5.74, 6) is 2.72. The SMILES string of the molecule is COC(=O)/C=C(\C)c1ccc(Oc2c(-c3ccc(OC)cc3)sc3cc(OC)ccc23)cc1. The number of esters is 1. The number of rotatable bonds is 7. The van der Waals surface area contributed by atoms with Crippen molar-refractivity contribution in [3.8, 4) is 33.4 Å². The Balaban J connectivity index is 1.73.